The lowest BCUT2D eigenvalue weighted by Crippen LogP contribution is -2.47. The molecule has 0 bridgehead atoms. The quantitative estimate of drug-likeness (QED) is 0.698. The largest absolute Gasteiger partial charge is 0.335 e. The maximum Gasteiger partial charge on any atom is 0.317 e. The summed E-state index contributed by atoms with van der Waals surface area (Å²) in [5, 5.41) is 3.15. The van der Waals surface area contributed by atoms with Gasteiger partial charge in [0.15, 0.2) is 0 Å². The van der Waals surface area contributed by atoms with Crippen LogP contribution in [0.2, 0.25) is 0 Å². The monoisotopic (exact) mass is 223 g/mol. The zero-order valence-electron chi connectivity index (χ0n) is 9.74. The molecule has 0 spiro atoms. The van der Waals surface area contributed by atoms with Crippen LogP contribution in [0.5, 0.6) is 0 Å². The fraction of sp³-hybridized carbons (Fsp3) is 0.917. The summed E-state index contributed by atoms with van der Waals surface area (Å²) >= 11 is 0. The molecule has 2 amide bonds. The van der Waals surface area contributed by atoms with Gasteiger partial charge in [-0.25, -0.2) is 4.79 Å². The van der Waals surface area contributed by atoms with Crippen molar-refractivity contribution in [2.45, 2.75) is 50.1 Å². The van der Waals surface area contributed by atoms with Gasteiger partial charge >= 0.3 is 6.03 Å². The number of carbonyl (C=O) groups is 1. The predicted octanol–water partition coefficient (Wildman–Crippen LogP) is 1.06. The van der Waals surface area contributed by atoms with Crippen LogP contribution < -0.4 is 11.1 Å². The van der Waals surface area contributed by atoms with Crippen molar-refractivity contribution in [2.75, 3.05) is 13.1 Å². The Morgan fingerprint density at radius 3 is 2.69 bits per heavy atom. The van der Waals surface area contributed by atoms with Gasteiger partial charge in [-0.05, 0) is 25.2 Å². The molecule has 0 radical (unpaired) electrons. The number of fused-ring (bicyclic) bond motifs is 1. The highest BCUT2D eigenvalue weighted by molar-refractivity contribution is 5.75. The maximum atomic E-state index is 12.0. The second kappa shape index (κ2) is 3.62. The topological polar surface area (TPSA) is 58.4 Å². The van der Waals surface area contributed by atoms with E-state index in [1.54, 1.807) is 0 Å². The van der Waals surface area contributed by atoms with Crippen molar-refractivity contribution in [3.63, 3.8) is 0 Å². The molecule has 3 fully saturated rings. The Bertz CT molecular complexity index is 301. The van der Waals surface area contributed by atoms with Crippen molar-refractivity contribution in [3.8, 4) is 0 Å². The number of piperidine rings is 1. The first kappa shape index (κ1) is 10.4. The summed E-state index contributed by atoms with van der Waals surface area (Å²) in [5.74, 6) is 0.574. The van der Waals surface area contributed by atoms with E-state index in [2.05, 4.69) is 5.32 Å². The molecule has 90 valence electrons. The average Bonchev–Trinajstić information content (AvgIpc) is 2.78. The number of hydrogen-bond donors (Lipinski definition) is 2. The number of urea groups is 1. The lowest BCUT2D eigenvalue weighted by Gasteiger charge is -2.27. The van der Waals surface area contributed by atoms with E-state index in [-0.39, 0.29) is 11.6 Å². The van der Waals surface area contributed by atoms with Crippen LogP contribution in [0.4, 0.5) is 4.79 Å². The van der Waals surface area contributed by atoms with Crippen molar-refractivity contribution in [3.05, 3.63) is 0 Å². The van der Waals surface area contributed by atoms with Crippen molar-refractivity contribution >= 4 is 6.03 Å². The molecular weight excluding hydrogens is 202 g/mol. The number of hydrogen-bond acceptors (Lipinski definition) is 2. The van der Waals surface area contributed by atoms with Gasteiger partial charge in [0.25, 0.3) is 0 Å². The Hall–Kier alpha value is -0.770. The highest BCUT2D eigenvalue weighted by Gasteiger charge is 2.58. The first-order valence-electron chi connectivity index (χ1n) is 6.52. The zero-order valence-corrected chi connectivity index (χ0v) is 9.74. The molecule has 3 aliphatic rings. The van der Waals surface area contributed by atoms with E-state index in [1.807, 2.05) is 4.90 Å². The first-order chi connectivity index (χ1) is 7.67. The molecule has 2 atom stereocenters. The molecule has 0 aromatic rings. The van der Waals surface area contributed by atoms with E-state index >= 15 is 0 Å². The van der Waals surface area contributed by atoms with Crippen LogP contribution in [0.3, 0.4) is 0 Å². The van der Waals surface area contributed by atoms with E-state index in [1.165, 1.54) is 19.3 Å². The highest BCUT2D eigenvalue weighted by atomic mass is 16.2. The number of nitrogens with one attached hydrogen (secondary N) is 1. The Morgan fingerprint density at radius 1 is 1.31 bits per heavy atom. The van der Waals surface area contributed by atoms with Gasteiger partial charge in [-0.15, -0.1) is 0 Å². The molecule has 1 saturated heterocycles. The molecule has 4 heteroatoms. The number of amides is 2. The number of carbonyl (C=O) groups excluding carboxylic acids is 1. The van der Waals surface area contributed by atoms with Gasteiger partial charge in [0, 0.05) is 24.7 Å². The molecule has 0 unspecified atom stereocenters. The summed E-state index contributed by atoms with van der Waals surface area (Å²) in [6, 6.07) is 0.524. The summed E-state index contributed by atoms with van der Waals surface area (Å²) in [4.78, 5) is 13.9. The minimum absolute atomic E-state index is 0.0239. The third kappa shape index (κ3) is 1.79. The van der Waals surface area contributed by atoms with Crippen molar-refractivity contribution in [1.82, 2.24) is 10.2 Å². The summed E-state index contributed by atoms with van der Waals surface area (Å²) in [7, 11) is 0. The molecule has 4 nitrogen and oxygen atoms in total. The van der Waals surface area contributed by atoms with Crippen molar-refractivity contribution in [1.29, 1.82) is 0 Å². The van der Waals surface area contributed by atoms with Crippen LogP contribution in [0.15, 0.2) is 0 Å². The van der Waals surface area contributed by atoms with E-state index in [4.69, 9.17) is 5.73 Å². The molecule has 2 aliphatic carbocycles. The number of nitrogens with zero attached hydrogens (tertiary/aromatic N) is 1. The smallest absolute Gasteiger partial charge is 0.317 e. The Labute approximate surface area is 96.5 Å². The van der Waals surface area contributed by atoms with Gasteiger partial charge in [0.2, 0.25) is 0 Å². The zero-order chi connectivity index (χ0) is 11.2. The maximum absolute atomic E-state index is 12.0. The Balaban J connectivity index is 1.50. The minimum atomic E-state index is -0.0239. The molecule has 1 heterocycles. The summed E-state index contributed by atoms with van der Waals surface area (Å²) < 4.78 is 0. The average molecular weight is 223 g/mol. The molecule has 0 aromatic heterocycles. The number of rotatable bonds is 1. The van der Waals surface area contributed by atoms with Gasteiger partial charge in [-0.2, -0.15) is 0 Å². The van der Waals surface area contributed by atoms with E-state index < -0.39 is 0 Å². The minimum Gasteiger partial charge on any atom is -0.335 e. The first-order valence-corrected chi connectivity index (χ1v) is 6.52. The van der Waals surface area contributed by atoms with Gasteiger partial charge < -0.3 is 16.0 Å². The van der Waals surface area contributed by atoms with Crippen LogP contribution in [0.1, 0.15) is 38.5 Å². The summed E-state index contributed by atoms with van der Waals surface area (Å²) in [6.07, 6.45) is 7.25. The van der Waals surface area contributed by atoms with Crippen LogP contribution in [-0.2, 0) is 0 Å². The van der Waals surface area contributed by atoms with Crippen LogP contribution in [0, 0.1) is 5.92 Å². The standard InChI is InChI=1S/C12H21N3O/c13-12-6-9(12)7-15(8-12)11(16)14-10-4-2-1-3-5-10/h9-10H,1-8,13H2,(H,14,16)/t9-,12+/m1/s1. The third-order valence-corrected chi connectivity index (χ3v) is 4.43. The molecule has 0 aromatic carbocycles. The van der Waals surface area contributed by atoms with Gasteiger partial charge in [-0.3, -0.25) is 0 Å². The molecule has 16 heavy (non-hydrogen) atoms. The lowest BCUT2D eigenvalue weighted by molar-refractivity contribution is 0.194. The number of likely N-dealkylation sites (tertiary alicyclic amines) is 1. The highest BCUT2D eigenvalue weighted by Crippen LogP contribution is 2.47. The van der Waals surface area contributed by atoms with Gasteiger partial charge in [0.05, 0.1) is 0 Å². The molecule has 1 aliphatic heterocycles. The van der Waals surface area contributed by atoms with Gasteiger partial charge in [0.1, 0.15) is 0 Å². The van der Waals surface area contributed by atoms with Crippen LogP contribution in [0.25, 0.3) is 0 Å². The Kier molecular flexibility index (Phi) is 2.35. The van der Waals surface area contributed by atoms with Gasteiger partial charge in [-0.1, -0.05) is 19.3 Å². The second-order valence-electron chi connectivity index (χ2n) is 5.80. The Morgan fingerprint density at radius 2 is 2.06 bits per heavy atom. The van der Waals surface area contributed by atoms with E-state index in [0.29, 0.717) is 12.0 Å². The fourth-order valence-corrected chi connectivity index (χ4v) is 3.19. The van der Waals surface area contributed by atoms with Crippen molar-refractivity contribution in [2.24, 2.45) is 11.7 Å². The normalized spacial score (nSPS) is 38.3. The van der Waals surface area contributed by atoms with Crippen LogP contribution in [-0.4, -0.2) is 35.6 Å². The second-order valence-corrected chi connectivity index (χ2v) is 5.80. The summed E-state index contributed by atoms with van der Waals surface area (Å²) in [5.41, 5.74) is 6.07. The summed E-state index contributed by atoms with van der Waals surface area (Å²) in [6.45, 7) is 1.63. The third-order valence-electron chi connectivity index (χ3n) is 4.43. The molecular formula is C12H21N3O. The fourth-order valence-electron chi connectivity index (χ4n) is 3.19. The molecule has 3 N–H and O–H groups in total. The lowest BCUT2D eigenvalue weighted by atomic mass is 9.96. The predicted molar refractivity (Wildman–Crippen MR) is 62.0 cm³/mol. The van der Waals surface area contributed by atoms with E-state index in [0.717, 1.165) is 32.4 Å². The SMILES string of the molecule is N[C@]12C[C@@H]1CN(C(=O)NC1CCCCC1)C2. The molecule has 2 saturated carbocycles. The van der Waals surface area contributed by atoms with Crippen LogP contribution >= 0.6 is 0 Å². The van der Waals surface area contributed by atoms with E-state index in [9.17, 15) is 4.79 Å². The van der Waals surface area contributed by atoms with Crippen molar-refractivity contribution < 1.29 is 4.79 Å². The number of nitrogens with two attached hydrogens (primary N) is 1. The molecule has 3 rings (SSSR count).